The van der Waals surface area contributed by atoms with Crippen LogP contribution in [0.25, 0.3) is 0 Å². The van der Waals surface area contributed by atoms with Crippen LogP contribution in [-0.2, 0) is 20.2 Å². The van der Waals surface area contributed by atoms with Gasteiger partial charge in [-0.3, -0.25) is 0 Å². The summed E-state index contributed by atoms with van der Waals surface area (Å²) in [5.41, 5.74) is 3.45. The third kappa shape index (κ3) is 6.22. The molecular formula is C20H24ClN5OS. The lowest BCUT2D eigenvalue weighted by atomic mass is 10.1. The first kappa shape index (κ1) is 20.6. The largest absolute Gasteiger partial charge is 0.489 e. The van der Waals surface area contributed by atoms with E-state index in [4.69, 9.17) is 16.3 Å². The first-order valence-corrected chi connectivity index (χ1v) is 10.5. The molecule has 3 rings (SSSR count). The van der Waals surface area contributed by atoms with Crippen molar-refractivity contribution >= 4 is 23.4 Å². The Morgan fingerprint density at radius 2 is 2.11 bits per heavy atom. The minimum absolute atomic E-state index is 0.540. The summed E-state index contributed by atoms with van der Waals surface area (Å²) in [7, 11) is 1.85. The van der Waals surface area contributed by atoms with Crippen molar-refractivity contribution in [2.75, 3.05) is 12.3 Å². The molecule has 0 aliphatic heterocycles. The molecule has 0 radical (unpaired) electrons. The number of halogens is 1. The number of ether oxygens (including phenoxy) is 1. The maximum atomic E-state index is 6.18. The van der Waals surface area contributed by atoms with Crippen LogP contribution in [0.15, 0.2) is 47.6 Å². The summed E-state index contributed by atoms with van der Waals surface area (Å²) in [6.45, 7) is 4.22. The predicted molar refractivity (Wildman–Crippen MR) is 113 cm³/mol. The number of nitrogens with zero attached hydrogens (tertiary/aromatic N) is 4. The van der Waals surface area contributed by atoms with E-state index in [1.807, 2.05) is 31.3 Å². The highest BCUT2D eigenvalue weighted by Crippen LogP contribution is 2.24. The Labute approximate surface area is 174 Å². The molecule has 0 fully saturated rings. The van der Waals surface area contributed by atoms with Crippen molar-refractivity contribution in [3.8, 4) is 5.75 Å². The van der Waals surface area contributed by atoms with Gasteiger partial charge in [-0.25, -0.2) is 4.68 Å². The second kappa shape index (κ2) is 10.5. The lowest BCUT2D eigenvalue weighted by molar-refractivity contribution is 0.302. The first-order chi connectivity index (χ1) is 13.6. The molecule has 1 N–H and O–H groups in total. The summed E-state index contributed by atoms with van der Waals surface area (Å²) in [6, 6.07) is 14.1. The fourth-order valence-electron chi connectivity index (χ4n) is 2.72. The number of tetrazole rings is 1. The van der Waals surface area contributed by atoms with Gasteiger partial charge < -0.3 is 10.1 Å². The number of nitrogens with one attached hydrogen (secondary N) is 1. The molecule has 0 spiro atoms. The highest BCUT2D eigenvalue weighted by atomic mass is 35.5. The smallest absolute Gasteiger partial charge is 0.209 e. The van der Waals surface area contributed by atoms with E-state index >= 15 is 0 Å². The second-order valence-electron chi connectivity index (χ2n) is 6.49. The van der Waals surface area contributed by atoms with E-state index in [2.05, 4.69) is 46.0 Å². The zero-order chi connectivity index (χ0) is 19.8. The summed E-state index contributed by atoms with van der Waals surface area (Å²) >= 11 is 7.83. The Bertz CT molecular complexity index is 902. The average molecular weight is 418 g/mol. The lowest BCUT2D eigenvalue weighted by Gasteiger charge is -2.13. The van der Waals surface area contributed by atoms with E-state index in [9.17, 15) is 0 Å². The Hall–Kier alpha value is -2.09. The van der Waals surface area contributed by atoms with Crippen molar-refractivity contribution in [3.05, 3.63) is 64.2 Å². The number of hydrogen-bond acceptors (Lipinski definition) is 6. The average Bonchev–Trinajstić information content (AvgIpc) is 3.09. The van der Waals surface area contributed by atoms with Crippen LogP contribution in [0.5, 0.6) is 5.75 Å². The monoisotopic (exact) mass is 417 g/mol. The topological polar surface area (TPSA) is 64.9 Å². The standard InChI is InChI=1S/C20H24ClN5OS/c1-15-5-3-6-16(11-15)14-27-19-8-7-18(21)12-17(19)13-22-9-4-10-28-20-23-24-25-26(20)2/h3,5-8,11-12,22H,4,9-10,13-14H2,1-2H3. The van der Waals surface area contributed by atoms with E-state index < -0.39 is 0 Å². The fourth-order valence-corrected chi connectivity index (χ4v) is 3.70. The van der Waals surface area contributed by atoms with Crippen molar-refractivity contribution in [3.63, 3.8) is 0 Å². The number of rotatable bonds is 10. The Morgan fingerprint density at radius 1 is 1.21 bits per heavy atom. The van der Waals surface area contributed by atoms with E-state index in [-0.39, 0.29) is 0 Å². The summed E-state index contributed by atoms with van der Waals surface area (Å²) in [4.78, 5) is 0. The van der Waals surface area contributed by atoms with Crippen molar-refractivity contribution in [2.45, 2.75) is 31.7 Å². The molecule has 1 heterocycles. The zero-order valence-electron chi connectivity index (χ0n) is 16.1. The van der Waals surface area contributed by atoms with Gasteiger partial charge in [-0.05, 0) is 54.1 Å². The van der Waals surface area contributed by atoms with Crippen LogP contribution in [0.1, 0.15) is 23.1 Å². The normalized spacial score (nSPS) is 11.0. The molecule has 0 atom stereocenters. The van der Waals surface area contributed by atoms with Gasteiger partial charge in [0.05, 0.1) is 0 Å². The Morgan fingerprint density at radius 3 is 2.89 bits per heavy atom. The zero-order valence-corrected chi connectivity index (χ0v) is 17.6. The van der Waals surface area contributed by atoms with Crippen LogP contribution >= 0.6 is 23.4 Å². The van der Waals surface area contributed by atoms with Gasteiger partial charge in [0.2, 0.25) is 5.16 Å². The Balaban J connectivity index is 1.46. The first-order valence-electron chi connectivity index (χ1n) is 9.14. The highest BCUT2D eigenvalue weighted by Gasteiger charge is 2.06. The van der Waals surface area contributed by atoms with Gasteiger partial charge in [-0.1, -0.05) is 53.2 Å². The van der Waals surface area contributed by atoms with Gasteiger partial charge in [0, 0.05) is 29.9 Å². The molecule has 3 aromatic rings. The summed E-state index contributed by atoms with van der Waals surface area (Å²) in [5, 5.41) is 16.4. The summed E-state index contributed by atoms with van der Waals surface area (Å²) in [5.74, 6) is 1.81. The molecule has 0 aliphatic carbocycles. The van der Waals surface area contributed by atoms with E-state index in [1.165, 1.54) is 5.56 Å². The molecular weight excluding hydrogens is 394 g/mol. The quantitative estimate of drug-likeness (QED) is 0.397. The summed E-state index contributed by atoms with van der Waals surface area (Å²) in [6.07, 6.45) is 1.01. The van der Waals surface area contributed by atoms with E-state index in [0.717, 1.165) is 40.8 Å². The van der Waals surface area contributed by atoms with Crippen molar-refractivity contribution in [1.29, 1.82) is 0 Å². The van der Waals surface area contributed by atoms with Gasteiger partial charge in [0.15, 0.2) is 0 Å². The molecule has 0 bridgehead atoms. The molecule has 0 amide bonds. The lowest BCUT2D eigenvalue weighted by Crippen LogP contribution is -2.16. The molecule has 28 heavy (non-hydrogen) atoms. The van der Waals surface area contributed by atoms with Crippen molar-refractivity contribution in [1.82, 2.24) is 25.5 Å². The van der Waals surface area contributed by atoms with Crippen LogP contribution in [0.4, 0.5) is 0 Å². The maximum Gasteiger partial charge on any atom is 0.209 e. The van der Waals surface area contributed by atoms with Gasteiger partial charge in [0.1, 0.15) is 12.4 Å². The molecule has 0 aliphatic rings. The maximum absolute atomic E-state index is 6.18. The van der Waals surface area contributed by atoms with E-state index in [1.54, 1.807) is 16.4 Å². The van der Waals surface area contributed by atoms with Gasteiger partial charge in [0.25, 0.3) is 0 Å². The van der Waals surface area contributed by atoms with Crippen LogP contribution in [-0.4, -0.2) is 32.5 Å². The molecule has 0 saturated heterocycles. The number of benzene rings is 2. The van der Waals surface area contributed by atoms with Gasteiger partial charge in [-0.15, -0.1) is 5.10 Å². The molecule has 148 valence electrons. The highest BCUT2D eigenvalue weighted by molar-refractivity contribution is 7.99. The Kier molecular flexibility index (Phi) is 7.71. The van der Waals surface area contributed by atoms with Crippen molar-refractivity contribution in [2.24, 2.45) is 7.05 Å². The van der Waals surface area contributed by atoms with Crippen LogP contribution in [0.3, 0.4) is 0 Å². The minimum Gasteiger partial charge on any atom is -0.489 e. The fraction of sp³-hybridized carbons (Fsp3) is 0.350. The van der Waals surface area contributed by atoms with E-state index in [0.29, 0.717) is 18.2 Å². The number of aromatic nitrogens is 4. The van der Waals surface area contributed by atoms with Crippen molar-refractivity contribution < 1.29 is 4.74 Å². The van der Waals surface area contributed by atoms with Gasteiger partial charge in [-0.2, -0.15) is 0 Å². The van der Waals surface area contributed by atoms with Crippen LogP contribution in [0, 0.1) is 6.92 Å². The third-order valence-corrected chi connectivity index (χ3v) is 5.46. The second-order valence-corrected chi connectivity index (χ2v) is 7.99. The molecule has 2 aromatic carbocycles. The minimum atomic E-state index is 0.540. The van der Waals surface area contributed by atoms with Crippen LogP contribution in [0.2, 0.25) is 5.02 Å². The molecule has 8 heteroatoms. The molecule has 0 saturated carbocycles. The molecule has 6 nitrogen and oxygen atoms in total. The van der Waals surface area contributed by atoms with Gasteiger partial charge >= 0.3 is 0 Å². The summed E-state index contributed by atoms with van der Waals surface area (Å²) < 4.78 is 7.73. The number of aryl methyl sites for hydroxylation is 2. The number of hydrogen-bond donors (Lipinski definition) is 1. The molecule has 1 aromatic heterocycles. The molecule has 0 unspecified atom stereocenters. The predicted octanol–water partition coefficient (Wildman–Crippen LogP) is 4.02. The van der Waals surface area contributed by atoms with Crippen LogP contribution < -0.4 is 10.1 Å². The third-order valence-electron chi connectivity index (χ3n) is 4.13. The SMILES string of the molecule is Cc1cccc(COc2ccc(Cl)cc2CNCCCSc2nnnn2C)c1. The number of thioether (sulfide) groups is 1.